The molecule has 0 fully saturated rings. The average molecular weight is 304 g/mol. The van der Waals surface area contributed by atoms with Crippen molar-refractivity contribution >= 4 is 17.6 Å². The topological polar surface area (TPSA) is 73.1 Å². The summed E-state index contributed by atoms with van der Waals surface area (Å²) in [5.41, 5.74) is 3.84. The number of aryl methyl sites for hydroxylation is 1. The molecule has 2 aromatic rings. The van der Waals surface area contributed by atoms with E-state index in [1.54, 1.807) is 6.07 Å². The molecular weight excluding hydrogens is 284 g/mol. The number of nitrogen functional groups attached to an aromatic ring is 1. The van der Waals surface area contributed by atoms with E-state index in [2.05, 4.69) is 34.5 Å². The van der Waals surface area contributed by atoms with Gasteiger partial charge in [-0.1, -0.05) is 37.2 Å². The molecule has 6 heteroatoms. The van der Waals surface area contributed by atoms with E-state index in [1.165, 1.54) is 30.2 Å². The smallest absolute Gasteiger partial charge is 0.225 e. The first-order chi connectivity index (χ1) is 10.2. The molecule has 0 radical (unpaired) electrons. The fourth-order valence-electron chi connectivity index (χ4n) is 1.85. The molecule has 0 saturated heterocycles. The number of unbranched alkanes of at least 4 members (excludes halogenated alkanes) is 1. The number of rotatable bonds is 7. The van der Waals surface area contributed by atoms with E-state index < -0.39 is 0 Å². The first kappa shape index (κ1) is 15.6. The van der Waals surface area contributed by atoms with Gasteiger partial charge >= 0.3 is 0 Å². The summed E-state index contributed by atoms with van der Waals surface area (Å²) in [6.45, 7) is 2.19. The Morgan fingerprint density at radius 2 is 2.00 bits per heavy atom. The number of nitrogens with one attached hydrogen (secondary N) is 1. The van der Waals surface area contributed by atoms with E-state index >= 15 is 0 Å². The summed E-state index contributed by atoms with van der Waals surface area (Å²) < 4.78 is 5.76. The van der Waals surface area contributed by atoms with Crippen LogP contribution in [0.15, 0.2) is 35.5 Å². The van der Waals surface area contributed by atoms with Crippen LogP contribution < -0.4 is 16.0 Å². The third kappa shape index (κ3) is 4.61. The van der Waals surface area contributed by atoms with Crippen molar-refractivity contribution in [3.63, 3.8) is 0 Å². The van der Waals surface area contributed by atoms with Gasteiger partial charge in [0.05, 0.1) is 0 Å². The fourth-order valence-corrected chi connectivity index (χ4v) is 2.22. The molecule has 21 heavy (non-hydrogen) atoms. The fraction of sp³-hybridized carbons (Fsp3) is 0.333. The maximum absolute atomic E-state index is 5.76. The molecule has 0 atom stereocenters. The van der Waals surface area contributed by atoms with E-state index in [1.807, 2.05) is 18.4 Å². The van der Waals surface area contributed by atoms with Gasteiger partial charge in [0.25, 0.3) is 0 Å². The highest BCUT2D eigenvalue weighted by molar-refractivity contribution is 7.98. The number of nitrogens with two attached hydrogens (primary N) is 1. The standard InChI is InChI=1S/C15H20N4OS/c1-3-4-5-11-6-8-12(9-7-11)20-14-10-13(19-16)17-15(18-14)21-2/h6-10H,3-5,16H2,1-2H3,(H,17,18,19). The highest BCUT2D eigenvalue weighted by Gasteiger charge is 2.05. The number of hydrogen-bond acceptors (Lipinski definition) is 6. The summed E-state index contributed by atoms with van der Waals surface area (Å²) >= 11 is 1.44. The van der Waals surface area contributed by atoms with Gasteiger partial charge in [0, 0.05) is 6.07 Å². The van der Waals surface area contributed by atoms with Crippen LogP contribution in [0.5, 0.6) is 11.6 Å². The number of nitrogens with zero attached hydrogens (tertiary/aromatic N) is 2. The highest BCUT2D eigenvalue weighted by Crippen LogP contribution is 2.24. The van der Waals surface area contributed by atoms with Crippen LogP contribution in [0, 0.1) is 0 Å². The van der Waals surface area contributed by atoms with Crippen LogP contribution in [-0.2, 0) is 6.42 Å². The first-order valence-electron chi connectivity index (χ1n) is 6.91. The summed E-state index contributed by atoms with van der Waals surface area (Å²) in [5, 5.41) is 0.611. The number of thioether (sulfide) groups is 1. The molecule has 0 aliphatic carbocycles. The molecule has 5 nitrogen and oxygen atoms in total. The number of ether oxygens (including phenoxy) is 1. The van der Waals surface area contributed by atoms with Crippen molar-refractivity contribution in [2.75, 3.05) is 11.7 Å². The van der Waals surface area contributed by atoms with Crippen LogP contribution in [-0.4, -0.2) is 16.2 Å². The molecule has 0 amide bonds. The Balaban J connectivity index is 2.10. The lowest BCUT2D eigenvalue weighted by molar-refractivity contribution is 0.456. The third-order valence-corrected chi connectivity index (χ3v) is 3.53. The normalized spacial score (nSPS) is 10.4. The van der Waals surface area contributed by atoms with Crippen molar-refractivity contribution in [2.24, 2.45) is 5.84 Å². The lowest BCUT2D eigenvalue weighted by Crippen LogP contribution is -2.09. The number of hydrazine groups is 1. The Morgan fingerprint density at radius 3 is 2.62 bits per heavy atom. The molecule has 3 N–H and O–H groups in total. The monoisotopic (exact) mass is 304 g/mol. The predicted molar refractivity (Wildman–Crippen MR) is 86.8 cm³/mol. The number of hydrogen-bond donors (Lipinski definition) is 2. The Hall–Kier alpha value is -1.79. The van der Waals surface area contributed by atoms with Crippen LogP contribution in [0.4, 0.5) is 5.82 Å². The molecule has 2 rings (SSSR count). The first-order valence-corrected chi connectivity index (χ1v) is 8.14. The third-order valence-electron chi connectivity index (χ3n) is 2.98. The van der Waals surface area contributed by atoms with Crippen molar-refractivity contribution in [3.05, 3.63) is 35.9 Å². The summed E-state index contributed by atoms with van der Waals surface area (Å²) in [7, 11) is 0. The maximum Gasteiger partial charge on any atom is 0.225 e. The average Bonchev–Trinajstić information content (AvgIpc) is 2.53. The summed E-state index contributed by atoms with van der Waals surface area (Å²) in [4.78, 5) is 8.50. The highest BCUT2D eigenvalue weighted by atomic mass is 32.2. The SMILES string of the molecule is CCCCc1ccc(Oc2cc(NN)nc(SC)n2)cc1. The van der Waals surface area contributed by atoms with Gasteiger partial charge in [-0.05, 0) is 36.8 Å². The molecule has 0 aliphatic rings. The van der Waals surface area contributed by atoms with E-state index in [-0.39, 0.29) is 0 Å². The second-order valence-corrected chi connectivity index (χ2v) is 5.35. The quantitative estimate of drug-likeness (QED) is 0.352. The molecule has 112 valence electrons. The van der Waals surface area contributed by atoms with Crippen LogP contribution in [0.2, 0.25) is 0 Å². The molecule has 0 spiro atoms. The van der Waals surface area contributed by atoms with Gasteiger partial charge in [-0.25, -0.2) is 10.8 Å². The molecule has 0 unspecified atom stereocenters. The largest absolute Gasteiger partial charge is 0.439 e. The zero-order chi connectivity index (χ0) is 15.1. The lowest BCUT2D eigenvalue weighted by Gasteiger charge is -2.08. The molecule has 0 aliphatic heterocycles. The van der Waals surface area contributed by atoms with E-state index in [4.69, 9.17) is 10.6 Å². The van der Waals surface area contributed by atoms with Gasteiger partial charge in [0.2, 0.25) is 5.88 Å². The van der Waals surface area contributed by atoms with Crippen molar-refractivity contribution in [2.45, 2.75) is 31.3 Å². The molecule has 0 bridgehead atoms. The second kappa shape index (κ2) is 7.85. The Bertz CT molecular complexity index is 552. The molecule has 1 aromatic carbocycles. The van der Waals surface area contributed by atoms with Gasteiger partial charge in [-0.2, -0.15) is 4.98 Å². The Kier molecular flexibility index (Phi) is 5.83. The van der Waals surface area contributed by atoms with Gasteiger partial charge in [0.1, 0.15) is 11.6 Å². The van der Waals surface area contributed by atoms with Gasteiger partial charge < -0.3 is 10.2 Å². The van der Waals surface area contributed by atoms with Crippen LogP contribution >= 0.6 is 11.8 Å². The van der Waals surface area contributed by atoms with E-state index in [0.29, 0.717) is 16.9 Å². The van der Waals surface area contributed by atoms with Gasteiger partial charge in [0.15, 0.2) is 5.16 Å². The van der Waals surface area contributed by atoms with E-state index in [0.717, 1.165) is 12.2 Å². The Morgan fingerprint density at radius 1 is 1.24 bits per heavy atom. The minimum absolute atomic E-state index is 0.476. The van der Waals surface area contributed by atoms with Crippen LogP contribution in [0.1, 0.15) is 25.3 Å². The maximum atomic E-state index is 5.76. The number of aromatic nitrogens is 2. The summed E-state index contributed by atoms with van der Waals surface area (Å²) in [6.07, 6.45) is 5.41. The van der Waals surface area contributed by atoms with Gasteiger partial charge in [-0.3, -0.25) is 0 Å². The van der Waals surface area contributed by atoms with Gasteiger partial charge in [-0.15, -0.1) is 0 Å². The minimum Gasteiger partial charge on any atom is -0.439 e. The van der Waals surface area contributed by atoms with Crippen molar-refractivity contribution in [1.82, 2.24) is 9.97 Å². The zero-order valence-electron chi connectivity index (χ0n) is 12.3. The van der Waals surface area contributed by atoms with Crippen molar-refractivity contribution in [3.8, 4) is 11.6 Å². The number of benzene rings is 1. The zero-order valence-corrected chi connectivity index (χ0v) is 13.1. The van der Waals surface area contributed by atoms with Crippen LogP contribution in [0.25, 0.3) is 0 Å². The second-order valence-electron chi connectivity index (χ2n) is 4.57. The van der Waals surface area contributed by atoms with Crippen molar-refractivity contribution in [1.29, 1.82) is 0 Å². The summed E-state index contributed by atoms with van der Waals surface area (Å²) in [6, 6.07) is 9.76. The molecule has 1 aromatic heterocycles. The number of anilines is 1. The predicted octanol–water partition coefficient (Wildman–Crippen LogP) is 3.62. The molecule has 1 heterocycles. The Labute approximate surface area is 129 Å². The molecule has 0 saturated carbocycles. The minimum atomic E-state index is 0.476. The van der Waals surface area contributed by atoms with Crippen LogP contribution in [0.3, 0.4) is 0 Å². The summed E-state index contributed by atoms with van der Waals surface area (Å²) in [5.74, 6) is 7.16. The molecular formula is C15H20N4OS. The van der Waals surface area contributed by atoms with E-state index in [9.17, 15) is 0 Å². The van der Waals surface area contributed by atoms with Crippen molar-refractivity contribution < 1.29 is 4.74 Å². The lowest BCUT2D eigenvalue weighted by atomic mass is 10.1.